The number of anilines is 1. The third kappa shape index (κ3) is 3.44. The molecule has 104 valence electrons. The lowest BCUT2D eigenvalue weighted by atomic mass is 9.85. The van der Waals surface area contributed by atoms with Crippen molar-refractivity contribution in [3.63, 3.8) is 0 Å². The summed E-state index contributed by atoms with van der Waals surface area (Å²) in [5.74, 6) is 1.91. The molecule has 2 fully saturated rings. The number of nitrogens with zero attached hydrogens (tertiary/aromatic N) is 3. The Hall–Kier alpha value is -1.16. The summed E-state index contributed by atoms with van der Waals surface area (Å²) in [5.41, 5.74) is 1.05. The fraction of sp³-hybridized carbons (Fsp3) is 0.733. The molecule has 0 unspecified atom stereocenters. The molecule has 1 heterocycles. The number of rotatable bonds is 7. The zero-order valence-electron chi connectivity index (χ0n) is 11.8. The molecule has 2 aliphatic rings. The van der Waals surface area contributed by atoms with Crippen molar-refractivity contribution < 1.29 is 0 Å². The smallest absolute Gasteiger partial charge is 0.151 e. The number of hydrogen-bond acceptors (Lipinski definition) is 4. The van der Waals surface area contributed by atoms with Crippen LogP contribution in [0.5, 0.6) is 0 Å². The molecule has 0 spiro atoms. The first-order valence-electron chi connectivity index (χ1n) is 7.66. The highest BCUT2D eigenvalue weighted by Gasteiger charge is 2.22. The van der Waals surface area contributed by atoms with Crippen LogP contribution in [0, 0.1) is 5.92 Å². The average molecular weight is 260 g/mol. The van der Waals surface area contributed by atoms with Gasteiger partial charge in [0.2, 0.25) is 0 Å². The largest absolute Gasteiger partial charge is 0.355 e. The van der Waals surface area contributed by atoms with Crippen molar-refractivity contribution in [3.8, 4) is 0 Å². The Bertz CT molecular complexity index is 395. The van der Waals surface area contributed by atoms with E-state index < -0.39 is 0 Å². The van der Waals surface area contributed by atoms with Gasteiger partial charge in [-0.15, -0.1) is 5.10 Å². The van der Waals surface area contributed by atoms with Gasteiger partial charge in [0, 0.05) is 25.7 Å². The van der Waals surface area contributed by atoms with Gasteiger partial charge in [0.15, 0.2) is 5.82 Å². The van der Waals surface area contributed by atoms with Gasteiger partial charge in [-0.3, -0.25) is 0 Å². The van der Waals surface area contributed by atoms with E-state index >= 15 is 0 Å². The van der Waals surface area contributed by atoms with Crippen LogP contribution in [-0.2, 0) is 6.54 Å². The summed E-state index contributed by atoms with van der Waals surface area (Å²) in [5, 5.41) is 12.2. The second kappa shape index (κ2) is 5.87. The van der Waals surface area contributed by atoms with E-state index in [2.05, 4.69) is 39.5 Å². The van der Waals surface area contributed by atoms with Crippen LogP contribution in [0.1, 0.15) is 44.7 Å². The predicted octanol–water partition coefficient (Wildman–Crippen LogP) is 2.36. The van der Waals surface area contributed by atoms with Crippen molar-refractivity contribution in [1.82, 2.24) is 15.5 Å². The van der Waals surface area contributed by atoms with Gasteiger partial charge in [-0.1, -0.05) is 6.42 Å². The van der Waals surface area contributed by atoms with E-state index in [1.54, 1.807) is 0 Å². The average Bonchev–Trinajstić information content (AvgIpc) is 3.20. The molecule has 0 aromatic carbocycles. The summed E-state index contributed by atoms with van der Waals surface area (Å²) in [6.45, 7) is 5.21. The van der Waals surface area contributed by atoms with Crippen LogP contribution in [0.2, 0.25) is 0 Å². The number of aromatic nitrogens is 2. The monoisotopic (exact) mass is 260 g/mol. The van der Waals surface area contributed by atoms with Gasteiger partial charge in [-0.2, -0.15) is 5.10 Å². The standard InChI is InChI=1S/C15H24N4/c1-2-19(11-12-4-3-5-12)15-9-8-14(17-18-15)10-16-13-6-7-13/h8-9,12-13,16H,2-7,10-11H2,1H3. The minimum absolute atomic E-state index is 0.729. The molecular weight excluding hydrogens is 236 g/mol. The van der Waals surface area contributed by atoms with Crippen LogP contribution in [0.15, 0.2) is 12.1 Å². The van der Waals surface area contributed by atoms with E-state index in [4.69, 9.17) is 0 Å². The van der Waals surface area contributed by atoms with E-state index in [1.165, 1.54) is 32.1 Å². The van der Waals surface area contributed by atoms with Crippen LogP contribution in [0.4, 0.5) is 5.82 Å². The first kappa shape index (κ1) is 12.9. The summed E-state index contributed by atoms with van der Waals surface area (Å²) >= 11 is 0. The highest BCUT2D eigenvalue weighted by Crippen LogP contribution is 2.28. The molecule has 0 atom stereocenters. The molecule has 0 aliphatic heterocycles. The molecule has 19 heavy (non-hydrogen) atoms. The Morgan fingerprint density at radius 2 is 2.05 bits per heavy atom. The topological polar surface area (TPSA) is 41.0 Å². The third-order valence-corrected chi connectivity index (χ3v) is 4.26. The molecule has 1 aromatic rings. The Morgan fingerprint density at radius 1 is 1.21 bits per heavy atom. The highest BCUT2D eigenvalue weighted by atomic mass is 15.3. The van der Waals surface area contributed by atoms with Crippen LogP contribution in [0.3, 0.4) is 0 Å². The second-order valence-electron chi connectivity index (χ2n) is 5.87. The minimum atomic E-state index is 0.729. The first-order chi connectivity index (χ1) is 9.35. The molecule has 3 rings (SSSR count). The second-order valence-corrected chi connectivity index (χ2v) is 5.87. The molecule has 1 aromatic heterocycles. The van der Waals surface area contributed by atoms with Crippen molar-refractivity contribution in [2.45, 2.75) is 51.6 Å². The quantitative estimate of drug-likeness (QED) is 0.817. The van der Waals surface area contributed by atoms with Gasteiger partial charge >= 0.3 is 0 Å². The molecule has 2 aliphatic carbocycles. The van der Waals surface area contributed by atoms with Crippen molar-refractivity contribution in [3.05, 3.63) is 17.8 Å². The van der Waals surface area contributed by atoms with Gasteiger partial charge < -0.3 is 10.2 Å². The lowest BCUT2D eigenvalue weighted by Crippen LogP contribution is -2.33. The number of nitrogens with one attached hydrogen (secondary N) is 1. The Labute approximate surface area is 115 Å². The van der Waals surface area contributed by atoms with Gasteiger partial charge in [0.05, 0.1) is 5.69 Å². The summed E-state index contributed by atoms with van der Waals surface area (Å²) < 4.78 is 0. The molecule has 4 heteroatoms. The van der Waals surface area contributed by atoms with E-state index in [1.807, 2.05) is 0 Å². The van der Waals surface area contributed by atoms with E-state index in [0.717, 1.165) is 43.1 Å². The van der Waals surface area contributed by atoms with Crippen LogP contribution in [0.25, 0.3) is 0 Å². The molecule has 0 saturated heterocycles. The fourth-order valence-electron chi connectivity index (χ4n) is 2.52. The Kier molecular flexibility index (Phi) is 3.97. The molecule has 0 amide bonds. The molecule has 0 radical (unpaired) electrons. The van der Waals surface area contributed by atoms with Gasteiger partial charge in [0.1, 0.15) is 0 Å². The Morgan fingerprint density at radius 3 is 2.58 bits per heavy atom. The summed E-state index contributed by atoms with van der Waals surface area (Å²) in [4.78, 5) is 2.36. The summed E-state index contributed by atoms with van der Waals surface area (Å²) in [6, 6.07) is 4.97. The summed E-state index contributed by atoms with van der Waals surface area (Å²) in [6.07, 6.45) is 6.80. The zero-order valence-corrected chi connectivity index (χ0v) is 11.8. The maximum absolute atomic E-state index is 4.40. The van der Waals surface area contributed by atoms with Crippen molar-refractivity contribution in [2.75, 3.05) is 18.0 Å². The third-order valence-electron chi connectivity index (χ3n) is 4.26. The maximum Gasteiger partial charge on any atom is 0.151 e. The van der Waals surface area contributed by atoms with Crippen molar-refractivity contribution >= 4 is 5.82 Å². The van der Waals surface area contributed by atoms with E-state index in [-0.39, 0.29) is 0 Å². The Balaban J connectivity index is 1.55. The minimum Gasteiger partial charge on any atom is -0.355 e. The normalized spacial score (nSPS) is 19.2. The molecular formula is C15H24N4. The van der Waals surface area contributed by atoms with Gasteiger partial charge in [-0.05, 0) is 50.7 Å². The van der Waals surface area contributed by atoms with Gasteiger partial charge in [0.25, 0.3) is 0 Å². The predicted molar refractivity (Wildman–Crippen MR) is 77.1 cm³/mol. The highest BCUT2D eigenvalue weighted by molar-refractivity contribution is 5.37. The zero-order chi connectivity index (χ0) is 13.1. The fourth-order valence-corrected chi connectivity index (χ4v) is 2.52. The molecule has 2 saturated carbocycles. The van der Waals surface area contributed by atoms with Crippen molar-refractivity contribution in [2.24, 2.45) is 5.92 Å². The van der Waals surface area contributed by atoms with Crippen LogP contribution in [-0.4, -0.2) is 29.3 Å². The van der Waals surface area contributed by atoms with Crippen LogP contribution >= 0.6 is 0 Å². The molecule has 0 bridgehead atoms. The van der Waals surface area contributed by atoms with Crippen molar-refractivity contribution in [1.29, 1.82) is 0 Å². The van der Waals surface area contributed by atoms with E-state index in [9.17, 15) is 0 Å². The first-order valence-corrected chi connectivity index (χ1v) is 7.66. The summed E-state index contributed by atoms with van der Waals surface area (Å²) in [7, 11) is 0. The van der Waals surface area contributed by atoms with E-state index in [0.29, 0.717) is 0 Å². The molecule has 4 nitrogen and oxygen atoms in total. The molecule has 1 N–H and O–H groups in total. The van der Waals surface area contributed by atoms with Gasteiger partial charge in [-0.25, -0.2) is 0 Å². The van der Waals surface area contributed by atoms with Crippen LogP contribution < -0.4 is 10.2 Å². The maximum atomic E-state index is 4.40. The lowest BCUT2D eigenvalue weighted by Gasteiger charge is -2.32. The number of hydrogen-bond donors (Lipinski definition) is 1. The lowest BCUT2D eigenvalue weighted by molar-refractivity contribution is 0.318. The SMILES string of the molecule is CCN(CC1CCC1)c1ccc(CNC2CC2)nn1.